The van der Waals surface area contributed by atoms with Gasteiger partial charge in [0.05, 0.1) is 12.6 Å². The molecule has 0 aliphatic carbocycles. The van der Waals surface area contributed by atoms with Crippen molar-refractivity contribution in [3.8, 4) is 0 Å². The summed E-state index contributed by atoms with van der Waals surface area (Å²) in [5.41, 5.74) is 16.5. The van der Waals surface area contributed by atoms with Crippen LogP contribution in [0, 0.1) is 5.92 Å². The van der Waals surface area contributed by atoms with Gasteiger partial charge in [0.15, 0.2) is 5.96 Å². The summed E-state index contributed by atoms with van der Waals surface area (Å²) in [4.78, 5) is 53.9. The third-order valence-electron chi connectivity index (χ3n) is 5.34. The highest BCUT2D eigenvalue weighted by Gasteiger charge is 2.36. The summed E-state index contributed by atoms with van der Waals surface area (Å²) in [6, 6.07) is -2.53. The van der Waals surface area contributed by atoms with E-state index in [1.54, 1.807) is 6.92 Å². The number of nitrogens with zero attached hydrogens (tertiary/aromatic N) is 2. The molecule has 9 N–H and O–H groups in total. The van der Waals surface area contributed by atoms with Crippen LogP contribution in [0.4, 0.5) is 0 Å². The lowest BCUT2D eigenvalue weighted by Gasteiger charge is -2.27. The molecule has 0 spiro atoms. The molecule has 1 aliphatic heterocycles. The number of hydrogen-bond acceptors (Lipinski definition) is 6. The zero-order valence-corrected chi connectivity index (χ0v) is 18.2. The fourth-order valence-corrected chi connectivity index (χ4v) is 3.35. The van der Waals surface area contributed by atoms with Crippen molar-refractivity contribution in [2.24, 2.45) is 28.1 Å². The second-order valence-corrected chi connectivity index (χ2v) is 7.73. The van der Waals surface area contributed by atoms with Crippen molar-refractivity contribution in [1.82, 2.24) is 15.5 Å². The first kappa shape index (κ1) is 26.1. The molecule has 12 nitrogen and oxygen atoms in total. The van der Waals surface area contributed by atoms with Crippen LogP contribution in [0.25, 0.3) is 0 Å². The number of likely N-dealkylation sites (tertiary alicyclic amines) is 1. The number of carbonyl (C=O) groups is 4. The third-order valence-corrected chi connectivity index (χ3v) is 5.34. The maximum Gasteiger partial charge on any atom is 0.326 e. The van der Waals surface area contributed by atoms with Gasteiger partial charge in [-0.15, -0.1) is 0 Å². The zero-order chi connectivity index (χ0) is 23.6. The van der Waals surface area contributed by atoms with Crippen LogP contribution in [0.5, 0.6) is 0 Å². The van der Waals surface area contributed by atoms with E-state index in [4.69, 9.17) is 17.2 Å². The van der Waals surface area contributed by atoms with Gasteiger partial charge in [0.25, 0.3) is 0 Å². The Morgan fingerprint density at radius 3 is 2.52 bits per heavy atom. The molecule has 0 saturated carbocycles. The molecule has 0 radical (unpaired) electrons. The van der Waals surface area contributed by atoms with Gasteiger partial charge in [-0.3, -0.25) is 19.4 Å². The molecular weight excluding hydrogens is 406 g/mol. The second-order valence-electron chi connectivity index (χ2n) is 7.73. The average molecular weight is 442 g/mol. The smallest absolute Gasteiger partial charge is 0.326 e. The van der Waals surface area contributed by atoms with Crippen LogP contribution in [0.1, 0.15) is 46.0 Å². The molecule has 4 unspecified atom stereocenters. The van der Waals surface area contributed by atoms with Crippen molar-refractivity contribution < 1.29 is 24.3 Å². The molecule has 1 saturated heterocycles. The molecular formula is C19H35N7O5. The molecule has 1 aliphatic rings. The van der Waals surface area contributed by atoms with E-state index in [1.807, 2.05) is 6.92 Å². The number of aliphatic carboxylic acids is 1. The van der Waals surface area contributed by atoms with Crippen molar-refractivity contribution in [1.29, 1.82) is 0 Å². The van der Waals surface area contributed by atoms with E-state index in [0.29, 0.717) is 45.2 Å². The number of guanidine groups is 1. The predicted octanol–water partition coefficient (Wildman–Crippen LogP) is -1.91. The van der Waals surface area contributed by atoms with Gasteiger partial charge in [0, 0.05) is 13.1 Å². The van der Waals surface area contributed by atoms with Gasteiger partial charge >= 0.3 is 5.97 Å². The van der Waals surface area contributed by atoms with Gasteiger partial charge in [-0.2, -0.15) is 0 Å². The number of rotatable bonds is 12. The van der Waals surface area contributed by atoms with Crippen molar-refractivity contribution in [2.45, 2.75) is 64.1 Å². The number of nitrogens with one attached hydrogen (secondary N) is 2. The summed E-state index contributed by atoms with van der Waals surface area (Å²) in [6.07, 6.45) is 2.58. The number of carboxylic acid groups (broad SMARTS) is 1. The van der Waals surface area contributed by atoms with Gasteiger partial charge in [-0.05, 0) is 31.6 Å². The quantitative estimate of drug-likeness (QED) is 0.114. The zero-order valence-electron chi connectivity index (χ0n) is 18.2. The number of amides is 3. The van der Waals surface area contributed by atoms with Crippen LogP contribution in [0.3, 0.4) is 0 Å². The van der Waals surface area contributed by atoms with Crippen molar-refractivity contribution in [2.75, 3.05) is 19.6 Å². The molecule has 1 rings (SSSR count). The Hall–Kier alpha value is -2.89. The van der Waals surface area contributed by atoms with E-state index in [1.165, 1.54) is 4.90 Å². The van der Waals surface area contributed by atoms with Crippen LogP contribution in [0.2, 0.25) is 0 Å². The van der Waals surface area contributed by atoms with Crippen molar-refractivity contribution in [3.05, 3.63) is 0 Å². The van der Waals surface area contributed by atoms with E-state index >= 15 is 0 Å². The summed E-state index contributed by atoms with van der Waals surface area (Å²) in [7, 11) is 0. The number of hydrogen-bond donors (Lipinski definition) is 6. The summed E-state index contributed by atoms with van der Waals surface area (Å²) >= 11 is 0. The number of nitrogens with two attached hydrogens (primary N) is 3. The van der Waals surface area contributed by atoms with Crippen LogP contribution in [-0.2, 0) is 19.2 Å². The van der Waals surface area contributed by atoms with E-state index in [0.717, 1.165) is 0 Å². The van der Waals surface area contributed by atoms with Gasteiger partial charge in [0.1, 0.15) is 12.1 Å². The Bertz CT molecular complexity index is 681. The highest BCUT2D eigenvalue weighted by molar-refractivity contribution is 5.93. The lowest BCUT2D eigenvalue weighted by Crippen LogP contribution is -2.53. The molecule has 0 aromatic heterocycles. The molecule has 4 atom stereocenters. The minimum atomic E-state index is -1.13. The summed E-state index contributed by atoms with van der Waals surface area (Å²) in [5, 5.41) is 14.2. The van der Waals surface area contributed by atoms with Crippen molar-refractivity contribution >= 4 is 29.7 Å². The van der Waals surface area contributed by atoms with E-state index in [2.05, 4.69) is 15.6 Å². The molecule has 0 aromatic rings. The summed E-state index contributed by atoms with van der Waals surface area (Å²) in [5.74, 6) is -2.82. The monoisotopic (exact) mass is 441 g/mol. The number of carboxylic acids is 1. The van der Waals surface area contributed by atoms with E-state index < -0.39 is 35.9 Å². The molecule has 3 amide bonds. The minimum Gasteiger partial charge on any atom is -0.480 e. The van der Waals surface area contributed by atoms with Crippen molar-refractivity contribution in [3.63, 3.8) is 0 Å². The first-order chi connectivity index (χ1) is 14.6. The maximum atomic E-state index is 12.6. The Morgan fingerprint density at radius 2 is 1.94 bits per heavy atom. The Morgan fingerprint density at radius 1 is 1.26 bits per heavy atom. The van der Waals surface area contributed by atoms with E-state index in [9.17, 15) is 24.3 Å². The largest absolute Gasteiger partial charge is 0.480 e. The molecule has 0 aromatic carbocycles. The highest BCUT2D eigenvalue weighted by Crippen LogP contribution is 2.19. The normalized spacial score (nSPS) is 18.5. The average Bonchev–Trinajstić information content (AvgIpc) is 3.21. The number of aliphatic imine (C=N–C) groups is 1. The molecule has 31 heavy (non-hydrogen) atoms. The fourth-order valence-electron chi connectivity index (χ4n) is 3.35. The molecule has 0 bridgehead atoms. The van der Waals surface area contributed by atoms with Crippen LogP contribution >= 0.6 is 0 Å². The van der Waals surface area contributed by atoms with E-state index in [-0.39, 0.29) is 24.3 Å². The lowest BCUT2D eigenvalue weighted by atomic mass is 9.99. The van der Waals surface area contributed by atoms with Gasteiger partial charge < -0.3 is 37.8 Å². The first-order valence-corrected chi connectivity index (χ1v) is 10.5. The fraction of sp³-hybridized carbons (Fsp3) is 0.737. The Kier molecular flexibility index (Phi) is 10.7. The molecule has 12 heteroatoms. The van der Waals surface area contributed by atoms with Crippen LogP contribution in [-0.4, -0.2) is 77.4 Å². The Balaban J connectivity index is 2.56. The SMILES string of the molecule is CCC(C)C(NC(=O)CNC(=O)C1CCCN1C(=O)C(N)CCCN=C(N)N)C(=O)O. The van der Waals surface area contributed by atoms with Gasteiger partial charge in [-0.25, -0.2) is 4.79 Å². The lowest BCUT2D eigenvalue weighted by molar-refractivity contribution is -0.143. The second kappa shape index (κ2) is 12.7. The Labute approximate surface area is 182 Å². The molecule has 176 valence electrons. The van der Waals surface area contributed by atoms with Gasteiger partial charge in [-0.1, -0.05) is 20.3 Å². The third kappa shape index (κ3) is 8.40. The first-order valence-electron chi connectivity index (χ1n) is 10.5. The predicted molar refractivity (Wildman–Crippen MR) is 115 cm³/mol. The minimum absolute atomic E-state index is 0.0287. The van der Waals surface area contributed by atoms with Crippen LogP contribution < -0.4 is 27.8 Å². The van der Waals surface area contributed by atoms with Gasteiger partial charge in [0.2, 0.25) is 17.7 Å². The van der Waals surface area contributed by atoms with Crippen LogP contribution in [0.15, 0.2) is 4.99 Å². The summed E-state index contributed by atoms with van der Waals surface area (Å²) in [6.45, 7) is 3.93. The standard InChI is InChI=1S/C19H35N7O5/c1-3-11(2)15(18(30)31)25-14(27)10-24-16(28)13-7-5-9-26(13)17(29)12(20)6-4-8-23-19(21)22/h11-13,15H,3-10,20H2,1-2H3,(H,24,28)(H,25,27)(H,30,31)(H4,21,22,23). The molecule has 1 fully saturated rings. The topological polar surface area (TPSA) is 206 Å². The molecule has 1 heterocycles. The maximum absolute atomic E-state index is 12.6. The summed E-state index contributed by atoms with van der Waals surface area (Å²) < 4.78 is 0. The highest BCUT2D eigenvalue weighted by atomic mass is 16.4. The number of carbonyl (C=O) groups excluding carboxylic acids is 3.